The van der Waals surface area contributed by atoms with Gasteiger partial charge in [0.15, 0.2) is 5.84 Å². The molecule has 2 aromatic rings. The summed E-state index contributed by atoms with van der Waals surface area (Å²) >= 11 is 5.99. The summed E-state index contributed by atoms with van der Waals surface area (Å²) in [6, 6.07) is 5.38. The van der Waals surface area contributed by atoms with Crippen molar-refractivity contribution in [1.29, 1.82) is 0 Å². The molecule has 0 saturated heterocycles. The van der Waals surface area contributed by atoms with Crippen LogP contribution in [0.25, 0.3) is 0 Å². The number of rotatable bonds is 2. The van der Waals surface area contributed by atoms with Gasteiger partial charge in [-0.2, -0.15) is 0 Å². The topological polar surface area (TPSA) is 79.7 Å². The maximum Gasteiger partial charge on any atom is 0.172 e. The van der Waals surface area contributed by atoms with Crippen LogP contribution in [0.15, 0.2) is 35.7 Å². The highest BCUT2D eigenvalue weighted by Gasteiger charge is 2.20. The average Bonchev–Trinajstić information content (AvgIpc) is 2.93. The molecule has 1 aromatic heterocycles. The molecule has 0 atom stereocenters. The zero-order valence-electron chi connectivity index (χ0n) is 10.7. The van der Waals surface area contributed by atoms with Gasteiger partial charge in [-0.05, 0) is 18.2 Å². The maximum atomic E-state index is 8.91. The SMILES string of the molecule is NC(=NO)c1cc(Cl)ccc1N1CCn2ccnc2C1. The standard InChI is InChI=1S/C13H14ClN5O/c14-9-1-2-11(10(7-9)13(15)17-20)19-6-5-18-4-3-16-12(18)8-19/h1-4,7,20H,5-6,8H2,(H2,15,17). The molecule has 0 unspecified atom stereocenters. The molecule has 1 aliphatic heterocycles. The van der Waals surface area contributed by atoms with Crippen LogP contribution >= 0.6 is 11.6 Å². The van der Waals surface area contributed by atoms with E-state index < -0.39 is 0 Å². The van der Waals surface area contributed by atoms with Crippen molar-refractivity contribution in [2.45, 2.75) is 13.1 Å². The summed E-state index contributed by atoms with van der Waals surface area (Å²) in [6.45, 7) is 2.37. The number of anilines is 1. The fraction of sp³-hybridized carbons (Fsp3) is 0.231. The molecule has 20 heavy (non-hydrogen) atoms. The first-order valence-electron chi connectivity index (χ1n) is 6.21. The molecule has 3 rings (SSSR count). The van der Waals surface area contributed by atoms with Crippen LogP contribution in [0.3, 0.4) is 0 Å². The van der Waals surface area contributed by atoms with E-state index in [4.69, 9.17) is 22.5 Å². The largest absolute Gasteiger partial charge is 0.409 e. The molecule has 0 aliphatic carbocycles. The predicted molar refractivity (Wildman–Crippen MR) is 77.2 cm³/mol. The molecule has 1 aromatic carbocycles. The Hall–Kier alpha value is -2.21. The number of imidazole rings is 1. The van der Waals surface area contributed by atoms with E-state index in [2.05, 4.69) is 19.6 Å². The van der Waals surface area contributed by atoms with Crippen LogP contribution in [0, 0.1) is 0 Å². The molecule has 0 bridgehead atoms. The Morgan fingerprint density at radius 2 is 2.25 bits per heavy atom. The maximum absolute atomic E-state index is 8.91. The van der Waals surface area contributed by atoms with Gasteiger partial charge in [0.05, 0.1) is 6.54 Å². The van der Waals surface area contributed by atoms with Crippen LogP contribution in [0.4, 0.5) is 5.69 Å². The third-order valence-electron chi connectivity index (χ3n) is 3.43. The van der Waals surface area contributed by atoms with Gasteiger partial charge in [0.1, 0.15) is 5.82 Å². The number of nitrogens with two attached hydrogens (primary N) is 1. The van der Waals surface area contributed by atoms with E-state index in [-0.39, 0.29) is 5.84 Å². The number of fused-ring (bicyclic) bond motifs is 1. The second kappa shape index (κ2) is 5.05. The minimum absolute atomic E-state index is 0.0522. The number of benzene rings is 1. The van der Waals surface area contributed by atoms with Gasteiger partial charge in [0.25, 0.3) is 0 Å². The molecule has 0 spiro atoms. The number of aromatic nitrogens is 2. The van der Waals surface area contributed by atoms with Crippen molar-refractivity contribution in [3.8, 4) is 0 Å². The molecule has 2 heterocycles. The fourth-order valence-electron chi connectivity index (χ4n) is 2.42. The summed E-state index contributed by atoms with van der Waals surface area (Å²) < 4.78 is 2.12. The molecule has 6 nitrogen and oxygen atoms in total. The Bertz CT molecular complexity index is 667. The smallest absolute Gasteiger partial charge is 0.172 e. The van der Waals surface area contributed by atoms with Crippen LogP contribution in [-0.2, 0) is 13.1 Å². The van der Waals surface area contributed by atoms with Crippen molar-refractivity contribution in [3.05, 3.63) is 47.0 Å². The third kappa shape index (κ3) is 2.18. The second-order valence-corrected chi connectivity index (χ2v) is 5.04. The van der Waals surface area contributed by atoms with Crippen LogP contribution in [0.5, 0.6) is 0 Å². The number of amidine groups is 1. The zero-order chi connectivity index (χ0) is 14.1. The predicted octanol–water partition coefficient (Wildman–Crippen LogP) is 1.65. The number of oxime groups is 1. The first-order valence-corrected chi connectivity index (χ1v) is 6.59. The van der Waals surface area contributed by atoms with E-state index in [1.807, 2.05) is 12.3 Å². The van der Waals surface area contributed by atoms with Gasteiger partial charge in [-0.15, -0.1) is 0 Å². The minimum atomic E-state index is 0.0522. The third-order valence-corrected chi connectivity index (χ3v) is 3.66. The van der Waals surface area contributed by atoms with Gasteiger partial charge < -0.3 is 20.4 Å². The van der Waals surface area contributed by atoms with E-state index >= 15 is 0 Å². The highest BCUT2D eigenvalue weighted by Crippen LogP contribution is 2.27. The summed E-state index contributed by atoms with van der Waals surface area (Å²) in [7, 11) is 0. The minimum Gasteiger partial charge on any atom is -0.409 e. The Morgan fingerprint density at radius 3 is 3.05 bits per heavy atom. The van der Waals surface area contributed by atoms with Gasteiger partial charge in [-0.3, -0.25) is 0 Å². The average molecular weight is 292 g/mol. The Balaban J connectivity index is 1.99. The van der Waals surface area contributed by atoms with E-state index in [0.29, 0.717) is 17.1 Å². The van der Waals surface area contributed by atoms with Gasteiger partial charge in [-0.1, -0.05) is 16.8 Å². The van der Waals surface area contributed by atoms with Gasteiger partial charge >= 0.3 is 0 Å². The van der Waals surface area contributed by atoms with Crippen LogP contribution < -0.4 is 10.6 Å². The highest BCUT2D eigenvalue weighted by atomic mass is 35.5. The molecular weight excluding hydrogens is 278 g/mol. The molecule has 0 saturated carbocycles. The first kappa shape index (κ1) is 12.8. The normalized spacial score (nSPS) is 15.2. The van der Waals surface area contributed by atoms with E-state index in [0.717, 1.165) is 24.6 Å². The molecule has 0 amide bonds. The van der Waals surface area contributed by atoms with Crippen molar-refractivity contribution in [2.75, 3.05) is 11.4 Å². The Kier molecular flexibility index (Phi) is 3.23. The van der Waals surface area contributed by atoms with Crippen molar-refractivity contribution >= 4 is 23.1 Å². The fourth-order valence-corrected chi connectivity index (χ4v) is 2.59. The van der Waals surface area contributed by atoms with E-state index in [1.54, 1.807) is 18.3 Å². The lowest BCUT2D eigenvalue weighted by Gasteiger charge is -2.31. The lowest BCUT2D eigenvalue weighted by atomic mass is 10.1. The Labute approximate surface area is 121 Å². The van der Waals surface area contributed by atoms with Crippen molar-refractivity contribution in [3.63, 3.8) is 0 Å². The lowest BCUT2D eigenvalue weighted by molar-refractivity contribution is 0.318. The lowest BCUT2D eigenvalue weighted by Crippen LogP contribution is -2.35. The number of hydrogen-bond donors (Lipinski definition) is 2. The summed E-state index contributed by atoms with van der Waals surface area (Å²) in [5, 5.41) is 12.5. The summed E-state index contributed by atoms with van der Waals surface area (Å²) in [5.74, 6) is 1.05. The molecule has 0 radical (unpaired) electrons. The van der Waals surface area contributed by atoms with Crippen molar-refractivity contribution in [1.82, 2.24) is 9.55 Å². The number of halogens is 1. The van der Waals surface area contributed by atoms with Crippen LogP contribution in [0.2, 0.25) is 5.02 Å². The monoisotopic (exact) mass is 291 g/mol. The number of nitrogens with zero attached hydrogens (tertiary/aromatic N) is 4. The van der Waals surface area contributed by atoms with E-state index in [9.17, 15) is 0 Å². The first-order chi connectivity index (χ1) is 9.69. The van der Waals surface area contributed by atoms with Gasteiger partial charge in [0, 0.05) is 41.8 Å². The quantitative estimate of drug-likeness (QED) is 0.382. The second-order valence-electron chi connectivity index (χ2n) is 4.61. The summed E-state index contributed by atoms with van der Waals surface area (Å²) in [5.41, 5.74) is 7.25. The van der Waals surface area contributed by atoms with Gasteiger partial charge in [-0.25, -0.2) is 4.98 Å². The highest BCUT2D eigenvalue weighted by molar-refractivity contribution is 6.31. The van der Waals surface area contributed by atoms with Crippen molar-refractivity contribution < 1.29 is 5.21 Å². The molecular formula is C13H14ClN5O. The molecule has 7 heteroatoms. The molecule has 0 fully saturated rings. The Morgan fingerprint density at radius 1 is 1.40 bits per heavy atom. The summed E-state index contributed by atoms with van der Waals surface area (Å²) in [6.07, 6.45) is 3.77. The molecule has 3 N–H and O–H groups in total. The molecule has 1 aliphatic rings. The number of hydrogen-bond acceptors (Lipinski definition) is 4. The molecule has 104 valence electrons. The van der Waals surface area contributed by atoms with E-state index in [1.165, 1.54) is 0 Å². The van der Waals surface area contributed by atoms with Crippen LogP contribution in [-0.4, -0.2) is 27.1 Å². The van der Waals surface area contributed by atoms with Gasteiger partial charge in [0.2, 0.25) is 0 Å². The zero-order valence-corrected chi connectivity index (χ0v) is 11.5. The summed E-state index contributed by atoms with van der Waals surface area (Å²) in [4.78, 5) is 6.47. The van der Waals surface area contributed by atoms with Crippen molar-refractivity contribution in [2.24, 2.45) is 10.9 Å². The van der Waals surface area contributed by atoms with Crippen LogP contribution in [0.1, 0.15) is 11.4 Å².